The molecule has 0 atom stereocenters. The molecule has 0 radical (unpaired) electrons. The first-order valence-electron chi connectivity index (χ1n) is 8.87. The third-order valence-corrected chi connectivity index (χ3v) is 6.50. The minimum atomic E-state index is -3.94. The number of thiocarbonyl (C=S) groups is 1. The molecule has 11 heteroatoms. The van der Waals surface area contributed by atoms with E-state index in [2.05, 4.69) is 16.2 Å². The first-order chi connectivity index (χ1) is 13.7. The van der Waals surface area contributed by atoms with Crippen LogP contribution in [0.15, 0.2) is 47.4 Å². The van der Waals surface area contributed by atoms with Gasteiger partial charge >= 0.3 is 0 Å². The fraction of sp³-hybridized carbons (Fsp3) is 0.278. The lowest BCUT2D eigenvalue weighted by molar-refractivity contribution is -0.385. The lowest BCUT2D eigenvalue weighted by Gasteiger charge is -2.21. The van der Waals surface area contributed by atoms with Crippen molar-refractivity contribution in [3.05, 3.63) is 58.1 Å². The number of sulfonamides is 1. The third-order valence-electron chi connectivity index (χ3n) is 4.20. The first kappa shape index (κ1) is 22.5. The second-order valence-corrected chi connectivity index (χ2v) is 8.36. The van der Waals surface area contributed by atoms with E-state index in [4.69, 9.17) is 12.2 Å². The highest BCUT2D eigenvalue weighted by Crippen LogP contribution is 2.28. The van der Waals surface area contributed by atoms with Crippen molar-refractivity contribution in [2.45, 2.75) is 25.7 Å². The van der Waals surface area contributed by atoms with E-state index >= 15 is 0 Å². The van der Waals surface area contributed by atoms with Crippen LogP contribution < -0.4 is 16.2 Å². The predicted molar refractivity (Wildman–Crippen MR) is 117 cm³/mol. The van der Waals surface area contributed by atoms with Crippen molar-refractivity contribution < 1.29 is 13.3 Å². The summed E-state index contributed by atoms with van der Waals surface area (Å²) < 4.78 is 27.1. The fourth-order valence-electron chi connectivity index (χ4n) is 2.63. The van der Waals surface area contributed by atoms with Crippen molar-refractivity contribution in [1.82, 2.24) is 9.73 Å². The highest BCUT2D eigenvalue weighted by Gasteiger charge is 2.27. The maximum atomic E-state index is 13.0. The number of non-ortho nitro benzene ring substituents is 1. The van der Waals surface area contributed by atoms with Gasteiger partial charge in [0, 0.05) is 30.9 Å². The van der Waals surface area contributed by atoms with E-state index in [1.807, 2.05) is 31.2 Å². The molecule has 156 valence electrons. The summed E-state index contributed by atoms with van der Waals surface area (Å²) in [4.78, 5) is 10.3. The Hall–Kier alpha value is -2.76. The number of nitrogens with zero attached hydrogens (tertiary/aromatic N) is 2. The number of hydrogen-bond acceptors (Lipinski definition) is 6. The second-order valence-electron chi connectivity index (χ2n) is 6.05. The molecular weight excluding hydrogens is 414 g/mol. The summed E-state index contributed by atoms with van der Waals surface area (Å²) in [6, 6.07) is 11.1. The average molecular weight is 438 g/mol. The zero-order chi connectivity index (χ0) is 21.6. The lowest BCUT2D eigenvalue weighted by Crippen LogP contribution is -2.35. The average Bonchev–Trinajstić information content (AvgIpc) is 2.68. The number of aryl methyl sites for hydroxylation is 1. The summed E-state index contributed by atoms with van der Waals surface area (Å²) in [7, 11) is -3.94. The van der Waals surface area contributed by atoms with E-state index in [1.54, 1.807) is 13.8 Å². The molecule has 2 aromatic rings. The largest absolute Gasteiger partial charge is 0.331 e. The fourth-order valence-corrected chi connectivity index (χ4v) is 4.42. The predicted octanol–water partition coefficient (Wildman–Crippen LogP) is 3.25. The Morgan fingerprint density at radius 1 is 1.14 bits per heavy atom. The zero-order valence-electron chi connectivity index (χ0n) is 16.3. The van der Waals surface area contributed by atoms with E-state index in [0.29, 0.717) is 0 Å². The quantitative estimate of drug-likeness (QED) is 0.327. The van der Waals surface area contributed by atoms with Gasteiger partial charge in [0.25, 0.3) is 5.69 Å². The Morgan fingerprint density at radius 3 is 2.38 bits per heavy atom. The molecule has 29 heavy (non-hydrogen) atoms. The Morgan fingerprint density at radius 2 is 1.79 bits per heavy atom. The third kappa shape index (κ3) is 5.40. The van der Waals surface area contributed by atoms with Gasteiger partial charge in [-0.1, -0.05) is 32.0 Å². The molecule has 0 aliphatic heterocycles. The van der Waals surface area contributed by atoms with Gasteiger partial charge in [0.15, 0.2) is 5.11 Å². The highest BCUT2D eigenvalue weighted by atomic mass is 32.2. The molecule has 0 heterocycles. The number of hydrogen-bond donors (Lipinski definition) is 3. The molecule has 0 saturated heterocycles. The van der Waals surface area contributed by atoms with Gasteiger partial charge in [-0.15, -0.1) is 0 Å². The van der Waals surface area contributed by atoms with Crippen LogP contribution in [0, 0.1) is 17.0 Å². The number of benzene rings is 2. The van der Waals surface area contributed by atoms with Gasteiger partial charge in [-0.05, 0) is 36.8 Å². The SMILES string of the molecule is CCN(CC)S(=O)(=O)c1cc([N+](=O)[O-])ccc1NNC(=S)Nc1ccccc1C. The maximum Gasteiger partial charge on any atom is 0.270 e. The van der Waals surface area contributed by atoms with E-state index < -0.39 is 14.9 Å². The minimum absolute atomic E-state index is 0.149. The van der Waals surface area contributed by atoms with E-state index in [9.17, 15) is 18.5 Å². The molecule has 0 bridgehead atoms. The van der Waals surface area contributed by atoms with E-state index in [1.165, 1.54) is 16.4 Å². The number of para-hydroxylation sites is 1. The minimum Gasteiger partial charge on any atom is -0.331 e. The molecule has 0 saturated carbocycles. The Labute approximate surface area is 175 Å². The van der Waals surface area contributed by atoms with Crippen LogP contribution in [0.4, 0.5) is 17.1 Å². The summed E-state index contributed by atoms with van der Waals surface area (Å²) in [5.74, 6) is 0. The second kappa shape index (κ2) is 9.63. The summed E-state index contributed by atoms with van der Waals surface area (Å²) >= 11 is 5.24. The molecule has 0 aliphatic rings. The highest BCUT2D eigenvalue weighted by molar-refractivity contribution is 7.89. The van der Waals surface area contributed by atoms with Gasteiger partial charge in [0.2, 0.25) is 10.0 Å². The van der Waals surface area contributed by atoms with Gasteiger partial charge in [0.1, 0.15) is 4.90 Å². The van der Waals surface area contributed by atoms with Crippen molar-refractivity contribution in [2.75, 3.05) is 23.8 Å². The number of nitro groups is 1. The number of nitrogens with one attached hydrogen (secondary N) is 3. The smallest absolute Gasteiger partial charge is 0.270 e. The van der Waals surface area contributed by atoms with Gasteiger partial charge < -0.3 is 5.32 Å². The molecule has 2 aromatic carbocycles. The van der Waals surface area contributed by atoms with Gasteiger partial charge in [-0.2, -0.15) is 4.31 Å². The van der Waals surface area contributed by atoms with Crippen molar-refractivity contribution in [3.8, 4) is 0 Å². The van der Waals surface area contributed by atoms with Gasteiger partial charge in [-0.25, -0.2) is 8.42 Å². The number of nitro benzene ring substituents is 1. The molecule has 0 aliphatic carbocycles. The zero-order valence-corrected chi connectivity index (χ0v) is 17.9. The van der Waals surface area contributed by atoms with Gasteiger partial charge in [-0.3, -0.25) is 21.0 Å². The van der Waals surface area contributed by atoms with Crippen LogP contribution in [-0.4, -0.2) is 35.8 Å². The summed E-state index contributed by atoms with van der Waals surface area (Å²) in [6.45, 7) is 5.79. The maximum absolute atomic E-state index is 13.0. The summed E-state index contributed by atoms with van der Waals surface area (Å²) in [6.07, 6.45) is 0. The van der Waals surface area contributed by atoms with Crippen LogP contribution in [0.5, 0.6) is 0 Å². The van der Waals surface area contributed by atoms with Gasteiger partial charge in [0.05, 0.1) is 10.6 Å². The normalized spacial score (nSPS) is 11.2. The van der Waals surface area contributed by atoms with Crippen molar-refractivity contribution >= 4 is 44.4 Å². The number of hydrazine groups is 1. The van der Waals surface area contributed by atoms with Crippen molar-refractivity contribution in [3.63, 3.8) is 0 Å². The molecular formula is C18H23N5O4S2. The van der Waals surface area contributed by atoms with Crippen molar-refractivity contribution in [1.29, 1.82) is 0 Å². The molecule has 2 rings (SSSR count). The lowest BCUT2D eigenvalue weighted by atomic mass is 10.2. The van der Waals surface area contributed by atoms with Crippen LogP contribution >= 0.6 is 12.2 Å². The molecule has 0 fully saturated rings. The van der Waals surface area contributed by atoms with Crippen molar-refractivity contribution in [2.24, 2.45) is 0 Å². The summed E-state index contributed by atoms with van der Waals surface area (Å²) in [5.41, 5.74) is 7.09. The Balaban J connectivity index is 2.29. The standard InChI is InChI=1S/C18H23N5O4S2/c1-4-22(5-2)29(26,27)17-12-14(23(24)25)10-11-16(17)20-21-18(28)19-15-9-7-6-8-13(15)3/h6-12,20H,4-5H2,1-3H3,(H2,19,21,28). The Kier molecular flexibility index (Phi) is 7.48. The number of anilines is 2. The summed E-state index contributed by atoms with van der Waals surface area (Å²) in [5, 5.41) is 14.3. The molecule has 0 unspecified atom stereocenters. The Bertz CT molecular complexity index is 1010. The first-order valence-corrected chi connectivity index (χ1v) is 10.7. The molecule has 0 amide bonds. The van der Waals surface area contributed by atoms with Crippen LogP contribution in [0.3, 0.4) is 0 Å². The molecule has 0 spiro atoms. The van der Waals surface area contributed by atoms with Crippen LogP contribution in [-0.2, 0) is 10.0 Å². The van der Waals surface area contributed by atoms with Crippen LogP contribution in [0.1, 0.15) is 19.4 Å². The van der Waals surface area contributed by atoms with Crippen LogP contribution in [0.2, 0.25) is 0 Å². The topological polar surface area (TPSA) is 117 Å². The molecule has 3 N–H and O–H groups in total. The van der Waals surface area contributed by atoms with Crippen LogP contribution in [0.25, 0.3) is 0 Å². The molecule has 0 aromatic heterocycles. The molecule has 9 nitrogen and oxygen atoms in total. The number of rotatable bonds is 8. The van der Waals surface area contributed by atoms with E-state index in [-0.39, 0.29) is 34.5 Å². The van der Waals surface area contributed by atoms with E-state index in [0.717, 1.165) is 17.3 Å². The monoisotopic (exact) mass is 437 g/mol.